The molecule has 3 aromatic carbocycles. The smallest absolute Gasteiger partial charge is 0.129 e. The van der Waals surface area contributed by atoms with E-state index >= 15 is 0 Å². The van der Waals surface area contributed by atoms with E-state index in [-0.39, 0.29) is 5.82 Å². The highest BCUT2D eigenvalue weighted by molar-refractivity contribution is 5.83. The molecule has 1 N–H and O–H groups in total. The van der Waals surface area contributed by atoms with Gasteiger partial charge in [0.25, 0.3) is 0 Å². The van der Waals surface area contributed by atoms with Gasteiger partial charge in [-0.25, -0.2) is 4.39 Å². The lowest BCUT2D eigenvalue weighted by Gasteiger charge is -2.16. The maximum Gasteiger partial charge on any atom is 0.129 e. The Bertz CT molecular complexity index is 785. The highest BCUT2D eigenvalue weighted by Gasteiger charge is 2.18. The second-order valence-corrected chi connectivity index (χ2v) is 5.49. The van der Waals surface area contributed by atoms with Crippen molar-refractivity contribution in [3.05, 3.63) is 82.7 Å². The predicted molar refractivity (Wildman–Crippen MR) is 83.9 cm³/mol. The standard InChI is InChI=1S/C19H17FO/c1-12-9-13(2)18(17(20)10-12)19(21)16-8-7-14-5-3-4-6-15(14)11-16/h3-11,19,21H,1-2H3. The molecular formula is C19H17FO. The molecule has 0 aromatic heterocycles. The summed E-state index contributed by atoms with van der Waals surface area (Å²) in [6.07, 6.45) is -0.949. The number of halogens is 1. The van der Waals surface area contributed by atoms with Crippen molar-refractivity contribution in [2.24, 2.45) is 0 Å². The van der Waals surface area contributed by atoms with Crippen LogP contribution in [0.25, 0.3) is 10.8 Å². The van der Waals surface area contributed by atoms with Gasteiger partial charge in [-0.05, 0) is 53.4 Å². The zero-order valence-corrected chi connectivity index (χ0v) is 12.1. The van der Waals surface area contributed by atoms with Crippen molar-refractivity contribution >= 4 is 10.8 Å². The van der Waals surface area contributed by atoms with E-state index in [2.05, 4.69) is 0 Å². The van der Waals surface area contributed by atoms with E-state index in [1.165, 1.54) is 6.07 Å². The van der Waals surface area contributed by atoms with Crippen molar-refractivity contribution in [2.45, 2.75) is 20.0 Å². The Morgan fingerprint density at radius 3 is 2.33 bits per heavy atom. The van der Waals surface area contributed by atoms with Gasteiger partial charge in [0.1, 0.15) is 11.9 Å². The third kappa shape index (κ3) is 2.55. The van der Waals surface area contributed by atoms with Crippen molar-refractivity contribution in [1.82, 2.24) is 0 Å². The molecule has 0 saturated carbocycles. The van der Waals surface area contributed by atoms with Gasteiger partial charge in [0.05, 0.1) is 0 Å². The minimum absolute atomic E-state index is 0.354. The number of rotatable bonds is 2. The lowest BCUT2D eigenvalue weighted by Crippen LogP contribution is -2.05. The molecule has 0 heterocycles. The molecule has 0 saturated heterocycles. The maximum absolute atomic E-state index is 14.2. The van der Waals surface area contributed by atoms with Crippen LogP contribution in [-0.2, 0) is 0 Å². The molecule has 0 bridgehead atoms. The molecule has 0 aliphatic rings. The molecule has 0 spiro atoms. The predicted octanol–water partition coefficient (Wildman–Crippen LogP) is 4.68. The van der Waals surface area contributed by atoms with E-state index < -0.39 is 6.10 Å². The maximum atomic E-state index is 14.2. The number of aliphatic hydroxyl groups excluding tert-OH is 1. The van der Waals surface area contributed by atoms with Crippen LogP contribution in [-0.4, -0.2) is 5.11 Å². The fourth-order valence-electron chi connectivity index (χ4n) is 2.82. The molecule has 0 aliphatic heterocycles. The van der Waals surface area contributed by atoms with E-state index in [1.807, 2.05) is 62.4 Å². The van der Waals surface area contributed by atoms with Gasteiger partial charge in [-0.15, -0.1) is 0 Å². The van der Waals surface area contributed by atoms with Gasteiger partial charge >= 0.3 is 0 Å². The Morgan fingerprint density at radius 2 is 1.62 bits per heavy atom. The number of hydrogen-bond donors (Lipinski definition) is 1. The van der Waals surface area contributed by atoms with Crippen LogP contribution in [0, 0.1) is 19.7 Å². The second-order valence-electron chi connectivity index (χ2n) is 5.49. The summed E-state index contributed by atoms with van der Waals surface area (Å²) in [6, 6.07) is 17.0. The third-order valence-electron chi connectivity index (χ3n) is 3.84. The first-order valence-electron chi connectivity index (χ1n) is 6.99. The fourth-order valence-corrected chi connectivity index (χ4v) is 2.82. The molecule has 1 atom stereocenters. The molecule has 0 fully saturated rings. The zero-order valence-electron chi connectivity index (χ0n) is 12.1. The molecule has 1 nitrogen and oxygen atoms in total. The van der Waals surface area contributed by atoms with Gasteiger partial charge in [-0.3, -0.25) is 0 Å². The van der Waals surface area contributed by atoms with Crippen LogP contribution >= 0.6 is 0 Å². The van der Waals surface area contributed by atoms with E-state index in [0.717, 1.165) is 21.9 Å². The van der Waals surface area contributed by atoms with Crippen LogP contribution in [0.5, 0.6) is 0 Å². The van der Waals surface area contributed by atoms with Gasteiger partial charge in [0.2, 0.25) is 0 Å². The summed E-state index contributed by atoms with van der Waals surface area (Å²) in [5.41, 5.74) is 2.70. The lowest BCUT2D eigenvalue weighted by atomic mass is 9.94. The van der Waals surface area contributed by atoms with Crippen LogP contribution in [0.3, 0.4) is 0 Å². The number of aliphatic hydroxyl groups is 1. The average molecular weight is 280 g/mol. The van der Waals surface area contributed by atoms with Crippen molar-refractivity contribution in [3.63, 3.8) is 0 Å². The Labute approximate surface area is 123 Å². The topological polar surface area (TPSA) is 20.2 Å². The quantitative estimate of drug-likeness (QED) is 0.722. The van der Waals surface area contributed by atoms with Crippen molar-refractivity contribution in [1.29, 1.82) is 0 Å². The van der Waals surface area contributed by atoms with E-state index in [4.69, 9.17) is 0 Å². The van der Waals surface area contributed by atoms with E-state index in [0.29, 0.717) is 11.1 Å². The average Bonchev–Trinajstić information content (AvgIpc) is 2.45. The highest BCUT2D eigenvalue weighted by Crippen LogP contribution is 2.30. The van der Waals surface area contributed by atoms with Gasteiger partial charge in [-0.2, -0.15) is 0 Å². The summed E-state index contributed by atoms with van der Waals surface area (Å²) in [6.45, 7) is 3.68. The monoisotopic (exact) mass is 280 g/mol. The second kappa shape index (κ2) is 5.30. The molecule has 0 amide bonds. The van der Waals surface area contributed by atoms with Crippen LogP contribution in [0.2, 0.25) is 0 Å². The molecule has 0 radical (unpaired) electrons. The summed E-state index contributed by atoms with van der Waals surface area (Å²) in [4.78, 5) is 0. The van der Waals surface area contributed by atoms with Gasteiger partial charge < -0.3 is 5.11 Å². The first-order valence-corrected chi connectivity index (χ1v) is 6.99. The molecule has 1 unspecified atom stereocenters. The Hall–Kier alpha value is -2.19. The molecule has 3 rings (SSSR count). The molecular weight excluding hydrogens is 263 g/mol. The highest BCUT2D eigenvalue weighted by atomic mass is 19.1. The number of aryl methyl sites for hydroxylation is 2. The zero-order chi connectivity index (χ0) is 15.0. The Kier molecular flexibility index (Phi) is 3.48. The van der Waals surface area contributed by atoms with Crippen LogP contribution in [0.1, 0.15) is 28.4 Å². The number of fused-ring (bicyclic) bond motifs is 1. The van der Waals surface area contributed by atoms with Crippen molar-refractivity contribution in [2.75, 3.05) is 0 Å². The Balaban J connectivity index is 2.10. The molecule has 0 aliphatic carbocycles. The van der Waals surface area contributed by atoms with E-state index in [1.54, 1.807) is 0 Å². The fraction of sp³-hybridized carbons (Fsp3) is 0.158. The third-order valence-corrected chi connectivity index (χ3v) is 3.84. The minimum atomic E-state index is -0.949. The molecule has 2 heteroatoms. The SMILES string of the molecule is Cc1cc(C)c(C(O)c2ccc3ccccc3c2)c(F)c1. The molecule has 21 heavy (non-hydrogen) atoms. The first kappa shape index (κ1) is 13.8. The first-order chi connectivity index (χ1) is 10.1. The lowest BCUT2D eigenvalue weighted by molar-refractivity contribution is 0.214. The van der Waals surface area contributed by atoms with Crippen molar-refractivity contribution < 1.29 is 9.50 Å². The summed E-state index contributed by atoms with van der Waals surface area (Å²) in [5.74, 6) is -0.354. The van der Waals surface area contributed by atoms with E-state index in [9.17, 15) is 9.50 Å². The molecule has 3 aromatic rings. The van der Waals surface area contributed by atoms with Crippen LogP contribution in [0.4, 0.5) is 4.39 Å². The summed E-state index contributed by atoms with van der Waals surface area (Å²) < 4.78 is 14.2. The van der Waals surface area contributed by atoms with Crippen LogP contribution in [0.15, 0.2) is 54.6 Å². The number of benzene rings is 3. The largest absolute Gasteiger partial charge is 0.384 e. The van der Waals surface area contributed by atoms with Gasteiger partial charge in [0.15, 0.2) is 0 Å². The van der Waals surface area contributed by atoms with Gasteiger partial charge in [0, 0.05) is 5.56 Å². The summed E-state index contributed by atoms with van der Waals surface area (Å²) in [7, 11) is 0. The minimum Gasteiger partial charge on any atom is -0.384 e. The Morgan fingerprint density at radius 1 is 0.905 bits per heavy atom. The van der Waals surface area contributed by atoms with Crippen LogP contribution < -0.4 is 0 Å². The normalized spacial score (nSPS) is 12.6. The molecule has 106 valence electrons. The van der Waals surface area contributed by atoms with Gasteiger partial charge in [-0.1, -0.05) is 42.5 Å². The number of hydrogen-bond acceptors (Lipinski definition) is 1. The summed E-state index contributed by atoms with van der Waals surface area (Å²) >= 11 is 0. The summed E-state index contributed by atoms with van der Waals surface area (Å²) in [5, 5.41) is 12.7. The van der Waals surface area contributed by atoms with Crippen molar-refractivity contribution in [3.8, 4) is 0 Å².